The summed E-state index contributed by atoms with van der Waals surface area (Å²) in [4.78, 5) is 0. The highest BCUT2D eigenvalue weighted by Gasteiger charge is 2.18. The molecule has 2 fully saturated rings. The third-order valence-corrected chi connectivity index (χ3v) is 1.80. The Labute approximate surface area is 71.6 Å². The average Bonchev–Trinajstić information content (AvgIpc) is 2.81. The quantitative estimate of drug-likeness (QED) is 0.376. The van der Waals surface area contributed by atoms with Crippen LogP contribution in [-0.2, 0) is 0 Å². The summed E-state index contributed by atoms with van der Waals surface area (Å²) in [6.07, 6.45) is 8.02. The molecule has 0 unspecified atom stereocenters. The van der Waals surface area contributed by atoms with E-state index in [-0.39, 0.29) is 0 Å². The van der Waals surface area contributed by atoms with Gasteiger partial charge < -0.3 is 10.4 Å². The van der Waals surface area contributed by atoms with Gasteiger partial charge in [0.05, 0.1) is 0 Å². The van der Waals surface area contributed by atoms with Crippen molar-refractivity contribution in [2.24, 2.45) is 22.1 Å². The van der Waals surface area contributed by atoms with E-state index in [2.05, 4.69) is 10.3 Å². The summed E-state index contributed by atoms with van der Waals surface area (Å²) in [6.45, 7) is 0. The van der Waals surface area contributed by atoms with Gasteiger partial charge in [-0.1, -0.05) is 0 Å². The molecule has 4 heteroatoms. The molecule has 0 amide bonds. The van der Waals surface area contributed by atoms with Crippen LogP contribution in [0.4, 0.5) is 0 Å². The van der Waals surface area contributed by atoms with Crippen molar-refractivity contribution in [2.45, 2.75) is 25.7 Å². The minimum atomic E-state index is 0.606. The zero-order chi connectivity index (χ0) is 8.81. The van der Waals surface area contributed by atoms with Crippen molar-refractivity contribution in [1.29, 1.82) is 0 Å². The zero-order valence-corrected chi connectivity index (χ0v) is 6.93. The molecule has 0 aromatic rings. The maximum absolute atomic E-state index is 7.85. The van der Waals surface area contributed by atoms with E-state index in [0.29, 0.717) is 11.8 Å². The molecule has 2 N–H and O–H groups in total. The largest absolute Gasteiger partial charge is 0.411 e. The van der Waals surface area contributed by atoms with Gasteiger partial charge >= 0.3 is 0 Å². The highest BCUT2D eigenvalue weighted by atomic mass is 16.4. The molecular formula is C8H14N2O2. The van der Waals surface area contributed by atoms with Crippen LogP contribution < -0.4 is 0 Å². The summed E-state index contributed by atoms with van der Waals surface area (Å²) >= 11 is 0. The van der Waals surface area contributed by atoms with E-state index in [1.54, 1.807) is 12.4 Å². The molecule has 2 aliphatic rings. The molecule has 0 spiro atoms. The number of oxime groups is 2. The SMILES string of the molecule is ON=CC1CC1.ON=CC1CC1. The molecular weight excluding hydrogens is 156 g/mol. The molecule has 0 aromatic carbocycles. The molecule has 2 saturated carbocycles. The smallest absolute Gasteiger partial charge is 0.0466 e. The molecule has 4 nitrogen and oxygen atoms in total. The molecule has 0 atom stereocenters. The topological polar surface area (TPSA) is 65.2 Å². The van der Waals surface area contributed by atoms with E-state index < -0.39 is 0 Å². The van der Waals surface area contributed by atoms with Gasteiger partial charge in [-0.2, -0.15) is 0 Å². The van der Waals surface area contributed by atoms with Crippen LogP contribution in [0, 0.1) is 11.8 Å². The number of rotatable bonds is 2. The molecule has 68 valence electrons. The molecule has 0 aromatic heterocycles. The van der Waals surface area contributed by atoms with Crippen LogP contribution in [0.5, 0.6) is 0 Å². The van der Waals surface area contributed by atoms with Gasteiger partial charge in [0, 0.05) is 12.4 Å². The Morgan fingerprint density at radius 3 is 1.25 bits per heavy atom. The van der Waals surface area contributed by atoms with Crippen LogP contribution in [0.15, 0.2) is 10.3 Å². The Morgan fingerprint density at radius 2 is 1.17 bits per heavy atom. The van der Waals surface area contributed by atoms with Crippen LogP contribution in [0.25, 0.3) is 0 Å². The van der Waals surface area contributed by atoms with Gasteiger partial charge in [0.25, 0.3) is 0 Å². The van der Waals surface area contributed by atoms with Crippen LogP contribution in [-0.4, -0.2) is 22.8 Å². The zero-order valence-electron chi connectivity index (χ0n) is 6.93. The van der Waals surface area contributed by atoms with Crippen LogP contribution in [0.2, 0.25) is 0 Å². The second-order valence-corrected chi connectivity index (χ2v) is 3.20. The summed E-state index contributed by atoms with van der Waals surface area (Å²) in [7, 11) is 0. The van der Waals surface area contributed by atoms with E-state index in [4.69, 9.17) is 10.4 Å². The molecule has 2 rings (SSSR count). The maximum atomic E-state index is 7.85. The highest BCUT2D eigenvalue weighted by molar-refractivity contribution is 5.62. The van der Waals surface area contributed by atoms with Crippen molar-refractivity contribution in [3.8, 4) is 0 Å². The standard InChI is InChI=1S/2C4H7NO/c2*6-5-3-4-1-2-4/h2*3-4,6H,1-2H2. The molecule has 0 bridgehead atoms. The minimum Gasteiger partial charge on any atom is -0.411 e. The maximum Gasteiger partial charge on any atom is 0.0466 e. The summed E-state index contributed by atoms with van der Waals surface area (Å²) < 4.78 is 0. The number of hydrogen-bond acceptors (Lipinski definition) is 4. The van der Waals surface area contributed by atoms with Crippen LogP contribution >= 0.6 is 0 Å². The predicted molar refractivity (Wildman–Crippen MR) is 46.0 cm³/mol. The van der Waals surface area contributed by atoms with E-state index in [9.17, 15) is 0 Å². The number of nitrogens with zero attached hydrogens (tertiary/aromatic N) is 2. The van der Waals surface area contributed by atoms with E-state index in [0.717, 1.165) is 0 Å². The van der Waals surface area contributed by atoms with Crippen molar-refractivity contribution in [3.05, 3.63) is 0 Å². The normalized spacial score (nSPS) is 22.7. The fourth-order valence-corrected chi connectivity index (χ4v) is 0.679. The number of hydrogen-bond donors (Lipinski definition) is 2. The lowest BCUT2D eigenvalue weighted by atomic mass is 10.5. The first-order valence-electron chi connectivity index (χ1n) is 4.22. The predicted octanol–water partition coefficient (Wildman–Crippen LogP) is 1.71. The third kappa shape index (κ3) is 4.71. The second kappa shape index (κ2) is 4.74. The van der Waals surface area contributed by atoms with Crippen molar-refractivity contribution in [3.63, 3.8) is 0 Å². The van der Waals surface area contributed by atoms with Crippen molar-refractivity contribution < 1.29 is 10.4 Å². The van der Waals surface area contributed by atoms with E-state index in [1.165, 1.54) is 25.7 Å². The van der Waals surface area contributed by atoms with E-state index >= 15 is 0 Å². The van der Waals surface area contributed by atoms with Gasteiger partial charge in [-0.3, -0.25) is 0 Å². The van der Waals surface area contributed by atoms with Gasteiger partial charge in [0.1, 0.15) is 0 Å². The van der Waals surface area contributed by atoms with Crippen LogP contribution in [0.3, 0.4) is 0 Å². The minimum absolute atomic E-state index is 0.606. The van der Waals surface area contributed by atoms with Gasteiger partial charge in [0.15, 0.2) is 0 Å². The van der Waals surface area contributed by atoms with Gasteiger partial charge in [-0.15, -0.1) is 10.3 Å². The van der Waals surface area contributed by atoms with E-state index in [1.807, 2.05) is 0 Å². The lowest BCUT2D eigenvalue weighted by Crippen LogP contribution is -1.70. The summed E-state index contributed by atoms with van der Waals surface area (Å²) in [6, 6.07) is 0. The fraction of sp³-hybridized carbons (Fsp3) is 0.750. The van der Waals surface area contributed by atoms with Crippen molar-refractivity contribution in [2.75, 3.05) is 0 Å². The van der Waals surface area contributed by atoms with Gasteiger partial charge in [-0.05, 0) is 37.5 Å². The Balaban J connectivity index is 0.000000120. The first-order valence-corrected chi connectivity index (χ1v) is 4.22. The first kappa shape index (κ1) is 9.03. The summed E-state index contributed by atoms with van der Waals surface area (Å²) in [5, 5.41) is 21.4. The monoisotopic (exact) mass is 170 g/mol. The highest BCUT2D eigenvalue weighted by Crippen LogP contribution is 2.26. The Morgan fingerprint density at radius 1 is 0.833 bits per heavy atom. The Kier molecular flexibility index (Phi) is 3.57. The molecule has 0 aliphatic heterocycles. The lowest BCUT2D eigenvalue weighted by Gasteiger charge is -1.68. The van der Waals surface area contributed by atoms with Gasteiger partial charge in [0.2, 0.25) is 0 Å². The molecule has 12 heavy (non-hydrogen) atoms. The lowest BCUT2D eigenvalue weighted by molar-refractivity contribution is 0.320. The Bertz CT molecular complexity index is 152. The summed E-state index contributed by atoms with van der Waals surface area (Å²) in [5.74, 6) is 1.21. The second-order valence-electron chi connectivity index (χ2n) is 3.20. The molecule has 0 saturated heterocycles. The molecule has 2 aliphatic carbocycles. The fourth-order valence-electron chi connectivity index (χ4n) is 0.679. The van der Waals surface area contributed by atoms with Crippen molar-refractivity contribution >= 4 is 12.4 Å². The van der Waals surface area contributed by atoms with Gasteiger partial charge in [-0.25, -0.2) is 0 Å². The third-order valence-electron chi connectivity index (χ3n) is 1.80. The Hall–Kier alpha value is -1.06. The van der Waals surface area contributed by atoms with Crippen LogP contribution in [0.1, 0.15) is 25.7 Å². The average molecular weight is 170 g/mol. The van der Waals surface area contributed by atoms with Crippen molar-refractivity contribution in [1.82, 2.24) is 0 Å². The molecule has 0 heterocycles. The first-order chi connectivity index (χ1) is 5.86. The molecule has 0 radical (unpaired) electrons. The summed E-state index contributed by atoms with van der Waals surface area (Å²) in [5.41, 5.74) is 0.